The van der Waals surface area contributed by atoms with Crippen LogP contribution < -0.4 is 0 Å². The third-order valence-electron chi connectivity index (χ3n) is 3.05. The van der Waals surface area contributed by atoms with E-state index in [-0.39, 0.29) is 5.69 Å². The van der Waals surface area contributed by atoms with Crippen LogP contribution in [0.25, 0.3) is 0 Å². The number of nitriles is 1. The fourth-order valence-electron chi connectivity index (χ4n) is 2.06. The Bertz CT molecular complexity index is 631. The summed E-state index contributed by atoms with van der Waals surface area (Å²) in [7, 11) is 0. The summed E-state index contributed by atoms with van der Waals surface area (Å²) in [4.78, 5) is 11.7. The zero-order valence-electron chi connectivity index (χ0n) is 10.4. The van der Waals surface area contributed by atoms with Crippen molar-refractivity contribution in [3.05, 3.63) is 62.3 Å². The van der Waals surface area contributed by atoms with E-state index in [2.05, 4.69) is 6.07 Å². The number of para-hydroxylation sites is 1. The summed E-state index contributed by atoms with van der Waals surface area (Å²) >= 11 is 1.55. The molecule has 0 N–H and O–H groups in total. The molecule has 4 nitrogen and oxygen atoms in total. The molecule has 0 amide bonds. The Labute approximate surface area is 115 Å². The van der Waals surface area contributed by atoms with Gasteiger partial charge in [0.15, 0.2) is 0 Å². The maximum Gasteiger partial charge on any atom is 0.274 e. The maximum absolute atomic E-state index is 11.1. The first-order valence-corrected chi connectivity index (χ1v) is 6.62. The Balaban J connectivity index is 2.47. The van der Waals surface area contributed by atoms with Crippen LogP contribution in [0.4, 0.5) is 5.69 Å². The van der Waals surface area contributed by atoms with Gasteiger partial charge in [0.2, 0.25) is 0 Å². The molecule has 2 aromatic rings. The lowest BCUT2D eigenvalue weighted by atomic mass is 9.79. The van der Waals surface area contributed by atoms with Gasteiger partial charge in [0.1, 0.15) is 0 Å². The van der Waals surface area contributed by atoms with Crippen LogP contribution in [0.5, 0.6) is 0 Å². The highest BCUT2D eigenvalue weighted by Crippen LogP contribution is 2.34. The molecule has 1 unspecified atom stereocenters. The Hall–Kier alpha value is -2.19. The van der Waals surface area contributed by atoms with E-state index in [0.29, 0.717) is 12.0 Å². The molecule has 1 heterocycles. The molecule has 1 aromatic heterocycles. The molecule has 0 radical (unpaired) electrons. The molecule has 96 valence electrons. The third-order valence-corrected chi connectivity index (χ3v) is 3.93. The Morgan fingerprint density at radius 1 is 1.37 bits per heavy atom. The average molecular weight is 272 g/mol. The van der Waals surface area contributed by atoms with Crippen LogP contribution in [0.15, 0.2) is 41.8 Å². The summed E-state index contributed by atoms with van der Waals surface area (Å²) in [6.45, 7) is 1.75. The number of nitro groups is 1. The monoisotopic (exact) mass is 272 g/mol. The second-order valence-corrected chi connectivity index (χ2v) is 5.51. The van der Waals surface area contributed by atoms with Gasteiger partial charge >= 0.3 is 0 Å². The average Bonchev–Trinajstić information content (AvgIpc) is 2.91. The lowest BCUT2D eigenvalue weighted by Crippen LogP contribution is -2.23. The van der Waals surface area contributed by atoms with Crippen LogP contribution in [0.3, 0.4) is 0 Å². The van der Waals surface area contributed by atoms with E-state index in [1.54, 1.807) is 36.5 Å². The number of hydrogen-bond donors (Lipinski definition) is 0. The summed E-state index contributed by atoms with van der Waals surface area (Å²) in [6, 6.07) is 12.5. The van der Waals surface area contributed by atoms with Gasteiger partial charge in [-0.3, -0.25) is 10.1 Å². The lowest BCUT2D eigenvalue weighted by Gasteiger charge is -2.21. The third kappa shape index (κ3) is 2.64. The second kappa shape index (κ2) is 5.21. The van der Waals surface area contributed by atoms with E-state index in [9.17, 15) is 15.4 Å². The SMILES string of the molecule is CC(C#N)(Cc1cccs1)c1ccccc1[N+](=O)[O-]. The number of rotatable bonds is 4. The largest absolute Gasteiger partial charge is 0.274 e. The highest BCUT2D eigenvalue weighted by atomic mass is 32.1. The lowest BCUT2D eigenvalue weighted by molar-refractivity contribution is -0.385. The molecule has 0 spiro atoms. The molecule has 0 aliphatic rings. The Morgan fingerprint density at radius 2 is 2.11 bits per heavy atom. The van der Waals surface area contributed by atoms with Gasteiger partial charge in [-0.05, 0) is 18.4 Å². The standard InChI is InChI=1S/C14H12N2O2S/c1-14(10-15,9-11-5-4-8-19-11)12-6-2-3-7-13(12)16(17)18/h2-8H,9H2,1H3. The summed E-state index contributed by atoms with van der Waals surface area (Å²) in [6.07, 6.45) is 0.478. The van der Waals surface area contributed by atoms with Gasteiger partial charge in [0.25, 0.3) is 5.69 Å². The minimum Gasteiger partial charge on any atom is -0.258 e. The van der Waals surface area contributed by atoms with Crippen LogP contribution in [0, 0.1) is 21.4 Å². The van der Waals surface area contributed by atoms with Crippen molar-refractivity contribution < 1.29 is 4.92 Å². The van der Waals surface area contributed by atoms with Gasteiger partial charge < -0.3 is 0 Å². The van der Waals surface area contributed by atoms with Crippen molar-refractivity contribution in [3.8, 4) is 6.07 Å². The van der Waals surface area contributed by atoms with Crippen molar-refractivity contribution in [3.63, 3.8) is 0 Å². The van der Waals surface area contributed by atoms with E-state index in [1.165, 1.54) is 6.07 Å². The first kappa shape index (κ1) is 13.2. The second-order valence-electron chi connectivity index (χ2n) is 4.47. The number of nitrogens with zero attached hydrogens (tertiary/aromatic N) is 2. The molecule has 1 aromatic carbocycles. The highest BCUT2D eigenvalue weighted by molar-refractivity contribution is 7.09. The number of benzene rings is 1. The fourth-order valence-corrected chi connectivity index (χ4v) is 2.92. The van der Waals surface area contributed by atoms with E-state index < -0.39 is 10.3 Å². The van der Waals surface area contributed by atoms with Gasteiger partial charge in [-0.15, -0.1) is 11.3 Å². The summed E-state index contributed by atoms with van der Waals surface area (Å²) in [5, 5.41) is 22.5. The molecule has 1 atom stereocenters. The minimum atomic E-state index is -0.894. The molecule has 0 bridgehead atoms. The highest BCUT2D eigenvalue weighted by Gasteiger charge is 2.33. The van der Waals surface area contributed by atoms with Gasteiger partial charge in [-0.2, -0.15) is 5.26 Å². The first-order valence-electron chi connectivity index (χ1n) is 5.74. The van der Waals surface area contributed by atoms with Gasteiger partial charge in [0.05, 0.1) is 22.0 Å². The van der Waals surface area contributed by atoms with Crippen molar-refractivity contribution in [1.29, 1.82) is 5.26 Å². The van der Waals surface area contributed by atoms with Gasteiger partial charge in [-0.25, -0.2) is 0 Å². The summed E-state index contributed by atoms with van der Waals surface area (Å²) in [5.41, 5.74) is -0.423. The van der Waals surface area contributed by atoms with Crippen molar-refractivity contribution in [2.75, 3.05) is 0 Å². The normalized spacial score (nSPS) is 13.5. The molecule has 0 saturated carbocycles. The van der Waals surface area contributed by atoms with Gasteiger partial charge in [0, 0.05) is 17.4 Å². The van der Waals surface area contributed by atoms with E-state index in [0.717, 1.165) is 4.88 Å². The van der Waals surface area contributed by atoms with Crippen LogP contribution in [0.2, 0.25) is 0 Å². The summed E-state index contributed by atoms with van der Waals surface area (Å²) < 4.78 is 0. The number of nitro benzene ring substituents is 1. The van der Waals surface area contributed by atoms with E-state index in [1.807, 2.05) is 17.5 Å². The van der Waals surface area contributed by atoms with Crippen LogP contribution in [-0.4, -0.2) is 4.92 Å². The predicted molar refractivity (Wildman–Crippen MR) is 74.1 cm³/mol. The smallest absolute Gasteiger partial charge is 0.258 e. The molecular weight excluding hydrogens is 260 g/mol. The van der Waals surface area contributed by atoms with Gasteiger partial charge in [-0.1, -0.05) is 24.3 Å². The molecule has 2 rings (SSSR count). The minimum absolute atomic E-state index is 0.00288. The molecule has 0 aliphatic heterocycles. The van der Waals surface area contributed by atoms with Crippen LogP contribution in [0.1, 0.15) is 17.4 Å². The van der Waals surface area contributed by atoms with E-state index >= 15 is 0 Å². The zero-order valence-corrected chi connectivity index (χ0v) is 11.2. The van der Waals surface area contributed by atoms with E-state index in [4.69, 9.17) is 0 Å². The van der Waals surface area contributed by atoms with Crippen LogP contribution in [-0.2, 0) is 11.8 Å². The first-order chi connectivity index (χ1) is 9.07. The van der Waals surface area contributed by atoms with Crippen molar-refractivity contribution in [2.45, 2.75) is 18.8 Å². The predicted octanol–water partition coefficient (Wildman–Crippen LogP) is 3.68. The van der Waals surface area contributed by atoms with Crippen molar-refractivity contribution in [2.24, 2.45) is 0 Å². The maximum atomic E-state index is 11.1. The molecule has 19 heavy (non-hydrogen) atoms. The molecule has 5 heteroatoms. The van der Waals surface area contributed by atoms with Crippen LogP contribution >= 0.6 is 11.3 Å². The topological polar surface area (TPSA) is 66.9 Å². The molecule has 0 aliphatic carbocycles. The number of thiophene rings is 1. The zero-order chi connectivity index (χ0) is 13.9. The quantitative estimate of drug-likeness (QED) is 0.629. The molecular formula is C14H12N2O2S. The van der Waals surface area contributed by atoms with Crippen molar-refractivity contribution >= 4 is 17.0 Å². The number of hydrogen-bond acceptors (Lipinski definition) is 4. The molecule has 0 fully saturated rings. The Kier molecular flexibility index (Phi) is 3.63. The Morgan fingerprint density at radius 3 is 2.68 bits per heavy atom. The molecule has 0 saturated heterocycles. The van der Waals surface area contributed by atoms with Crippen molar-refractivity contribution in [1.82, 2.24) is 0 Å². The summed E-state index contributed by atoms with van der Waals surface area (Å²) in [5.74, 6) is 0. The fraction of sp³-hybridized carbons (Fsp3) is 0.214.